The van der Waals surface area contributed by atoms with Crippen molar-refractivity contribution in [3.8, 4) is 17.2 Å². The number of hydrogen-bond donors (Lipinski definition) is 1. The first-order valence-corrected chi connectivity index (χ1v) is 6.61. The van der Waals surface area contributed by atoms with Gasteiger partial charge in [0.2, 0.25) is 0 Å². The van der Waals surface area contributed by atoms with Gasteiger partial charge in [-0.3, -0.25) is 0 Å². The third-order valence-electron chi connectivity index (χ3n) is 2.70. The summed E-state index contributed by atoms with van der Waals surface area (Å²) in [5, 5.41) is 0. The molecule has 0 fully saturated rings. The molecule has 0 spiro atoms. The average molecular weight is 275 g/mol. The Morgan fingerprint density at radius 2 is 1.70 bits per heavy atom. The van der Waals surface area contributed by atoms with Crippen molar-refractivity contribution >= 4 is 0 Å². The molecule has 0 heterocycles. The normalized spacial score (nSPS) is 10.3. The molecule has 0 unspecified atom stereocenters. The largest absolute Gasteiger partial charge is 0.494 e. The highest BCUT2D eigenvalue weighted by molar-refractivity contribution is 5.37. The zero-order valence-corrected chi connectivity index (χ0v) is 11.4. The van der Waals surface area contributed by atoms with E-state index >= 15 is 0 Å². The van der Waals surface area contributed by atoms with Gasteiger partial charge in [0.25, 0.3) is 0 Å². The second-order valence-corrected chi connectivity index (χ2v) is 4.42. The zero-order chi connectivity index (χ0) is 14.4. The van der Waals surface area contributed by atoms with E-state index in [1.165, 1.54) is 12.1 Å². The van der Waals surface area contributed by atoms with Crippen molar-refractivity contribution in [2.45, 2.75) is 19.9 Å². The van der Waals surface area contributed by atoms with Gasteiger partial charge in [-0.25, -0.2) is 4.39 Å². The molecular weight excluding hydrogens is 257 g/mol. The quantitative estimate of drug-likeness (QED) is 0.870. The summed E-state index contributed by atoms with van der Waals surface area (Å²) < 4.78 is 24.5. The van der Waals surface area contributed by atoms with Crippen molar-refractivity contribution in [1.82, 2.24) is 0 Å². The van der Waals surface area contributed by atoms with Gasteiger partial charge in [-0.05, 0) is 48.4 Å². The van der Waals surface area contributed by atoms with Crippen LogP contribution in [0.1, 0.15) is 18.9 Å². The number of benzene rings is 2. The van der Waals surface area contributed by atoms with Crippen molar-refractivity contribution < 1.29 is 13.9 Å². The smallest absolute Gasteiger partial charge is 0.130 e. The Hall–Kier alpha value is -2.07. The Morgan fingerprint density at radius 1 is 1.00 bits per heavy atom. The Bertz CT molecular complexity index is 555. The van der Waals surface area contributed by atoms with Gasteiger partial charge in [-0.15, -0.1) is 0 Å². The average Bonchev–Trinajstić information content (AvgIpc) is 2.46. The number of nitrogens with two attached hydrogens (primary N) is 1. The fourth-order valence-electron chi connectivity index (χ4n) is 1.76. The summed E-state index contributed by atoms with van der Waals surface area (Å²) in [4.78, 5) is 0. The van der Waals surface area contributed by atoms with E-state index in [2.05, 4.69) is 6.92 Å². The lowest BCUT2D eigenvalue weighted by Gasteiger charge is -2.09. The first kappa shape index (κ1) is 14.3. The van der Waals surface area contributed by atoms with Crippen LogP contribution in [0, 0.1) is 5.82 Å². The number of ether oxygens (including phenoxy) is 2. The molecule has 0 aliphatic heterocycles. The van der Waals surface area contributed by atoms with Crippen LogP contribution in [-0.2, 0) is 6.54 Å². The SMILES string of the molecule is CCCOc1ccc(Oc2cc(F)cc(CN)c2)cc1. The number of hydrogen-bond acceptors (Lipinski definition) is 3. The first-order chi connectivity index (χ1) is 9.71. The molecule has 0 atom stereocenters. The molecule has 0 bridgehead atoms. The molecule has 0 amide bonds. The Morgan fingerprint density at radius 3 is 2.35 bits per heavy atom. The van der Waals surface area contributed by atoms with Crippen molar-refractivity contribution in [1.29, 1.82) is 0 Å². The maximum Gasteiger partial charge on any atom is 0.130 e. The van der Waals surface area contributed by atoms with Crippen molar-refractivity contribution in [2.75, 3.05) is 6.61 Å². The van der Waals surface area contributed by atoms with Gasteiger partial charge >= 0.3 is 0 Å². The third-order valence-corrected chi connectivity index (χ3v) is 2.70. The fraction of sp³-hybridized carbons (Fsp3) is 0.250. The summed E-state index contributed by atoms with van der Waals surface area (Å²) >= 11 is 0. The minimum Gasteiger partial charge on any atom is -0.494 e. The van der Waals surface area contributed by atoms with Gasteiger partial charge in [-0.1, -0.05) is 6.92 Å². The Balaban J connectivity index is 2.07. The van der Waals surface area contributed by atoms with Crippen LogP contribution in [0.4, 0.5) is 4.39 Å². The Labute approximate surface area is 118 Å². The molecule has 0 saturated heterocycles. The van der Waals surface area contributed by atoms with Gasteiger partial charge in [0.15, 0.2) is 0 Å². The summed E-state index contributed by atoms with van der Waals surface area (Å²) in [7, 11) is 0. The molecule has 0 aliphatic carbocycles. The van der Waals surface area contributed by atoms with Crippen LogP contribution in [0.25, 0.3) is 0 Å². The molecule has 0 aliphatic rings. The van der Waals surface area contributed by atoms with Crippen molar-refractivity contribution in [3.63, 3.8) is 0 Å². The highest BCUT2D eigenvalue weighted by atomic mass is 19.1. The van der Waals surface area contributed by atoms with Crippen LogP contribution in [0.5, 0.6) is 17.2 Å². The van der Waals surface area contributed by atoms with E-state index in [0.29, 0.717) is 23.7 Å². The maximum absolute atomic E-state index is 13.4. The van der Waals surface area contributed by atoms with Crippen LogP contribution >= 0.6 is 0 Å². The van der Waals surface area contributed by atoms with E-state index in [1.807, 2.05) is 12.1 Å². The third kappa shape index (κ3) is 3.96. The summed E-state index contributed by atoms with van der Waals surface area (Å²) in [6.45, 7) is 3.01. The zero-order valence-electron chi connectivity index (χ0n) is 11.4. The summed E-state index contributed by atoms with van der Waals surface area (Å²) in [6.07, 6.45) is 0.962. The molecule has 2 aromatic carbocycles. The van der Waals surface area contributed by atoms with E-state index in [9.17, 15) is 4.39 Å². The van der Waals surface area contributed by atoms with Crippen LogP contribution in [0.15, 0.2) is 42.5 Å². The van der Waals surface area contributed by atoms with E-state index in [4.69, 9.17) is 15.2 Å². The predicted molar refractivity (Wildman–Crippen MR) is 76.6 cm³/mol. The molecule has 20 heavy (non-hydrogen) atoms. The molecular formula is C16H18FNO2. The highest BCUT2D eigenvalue weighted by Gasteiger charge is 2.03. The lowest BCUT2D eigenvalue weighted by Crippen LogP contribution is -1.98. The molecule has 0 saturated carbocycles. The second-order valence-electron chi connectivity index (χ2n) is 4.42. The molecule has 2 aromatic rings. The number of halogens is 1. The van der Waals surface area contributed by atoms with E-state index in [-0.39, 0.29) is 12.4 Å². The van der Waals surface area contributed by atoms with Crippen molar-refractivity contribution in [2.24, 2.45) is 5.73 Å². The lowest BCUT2D eigenvalue weighted by atomic mass is 10.2. The van der Waals surface area contributed by atoms with Crippen molar-refractivity contribution in [3.05, 3.63) is 53.8 Å². The van der Waals surface area contributed by atoms with Gasteiger partial charge in [0, 0.05) is 12.6 Å². The summed E-state index contributed by atoms with van der Waals surface area (Å²) in [5.74, 6) is 1.50. The molecule has 2 rings (SSSR count). The Kier molecular flexibility index (Phi) is 4.96. The lowest BCUT2D eigenvalue weighted by molar-refractivity contribution is 0.317. The van der Waals surface area contributed by atoms with Gasteiger partial charge in [0.1, 0.15) is 23.1 Å². The standard InChI is InChI=1S/C16H18FNO2/c1-2-7-19-14-3-5-15(6-4-14)20-16-9-12(11-18)8-13(17)10-16/h3-6,8-10H,2,7,11,18H2,1H3. The van der Waals surface area contributed by atoms with Gasteiger partial charge < -0.3 is 15.2 Å². The first-order valence-electron chi connectivity index (χ1n) is 6.61. The predicted octanol–water partition coefficient (Wildman–Crippen LogP) is 3.87. The molecule has 0 aromatic heterocycles. The fourth-order valence-corrected chi connectivity index (χ4v) is 1.76. The second kappa shape index (κ2) is 6.91. The molecule has 2 N–H and O–H groups in total. The monoisotopic (exact) mass is 275 g/mol. The van der Waals surface area contributed by atoms with Gasteiger partial charge in [0.05, 0.1) is 6.61 Å². The minimum atomic E-state index is -0.356. The van der Waals surface area contributed by atoms with Crippen LogP contribution in [0.3, 0.4) is 0 Å². The topological polar surface area (TPSA) is 44.5 Å². The molecule has 4 heteroatoms. The summed E-state index contributed by atoms with van der Waals surface area (Å²) in [5.41, 5.74) is 6.21. The van der Waals surface area contributed by atoms with E-state index in [1.54, 1.807) is 18.2 Å². The van der Waals surface area contributed by atoms with Crippen LogP contribution in [0.2, 0.25) is 0 Å². The molecule has 106 valence electrons. The van der Waals surface area contributed by atoms with Crippen LogP contribution in [-0.4, -0.2) is 6.61 Å². The minimum absolute atomic E-state index is 0.276. The molecule has 3 nitrogen and oxygen atoms in total. The molecule has 0 radical (unpaired) electrons. The van der Waals surface area contributed by atoms with E-state index in [0.717, 1.165) is 12.2 Å². The summed E-state index contributed by atoms with van der Waals surface area (Å²) in [6, 6.07) is 11.7. The highest BCUT2D eigenvalue weighted by Crippen LogP contribution is 2.25. The maximum atomic E-state index is 13.4. The van der Waals surface area contributed by atoms with Crippen LogP contribution < -0.4 is 15.2 Å². The number of rotatable bonds is 6. The van der Waals surface area contributed by atoms with E-state index < -0.39 is 0 Å². The van der Waals surface area contributed by atoms with Gasteiger partial charge in [-0.2, -0.15) is 0 Å².